The fourth-order valence-electron chi connectivity index (χ4n) is 5.33. The molecule has 0 unspecified atom stereocenters. The Kier molecular flexibility index (Phi) is 10.4. The van der Waals surface area contributed by atoms with E-state index in [1.807, 2.05) is 38.4 Å². The maximum atomic E-state index is 13.9. The first-order chi connectivity index (χ1) is 19.1. The lowest BCUT2D eigenvalue weighted by atomic mass is 9.73. The van der Waals surface area contributed by atoms with E-state index in [4.69, 9.17) is 32.7 Å². The van der Waals surface area contributed by atoms with Gasteiger partial charge in [-0.05, 0) is 81.0 Å². The number of nitrogens with zero attached hydrogens (tertiary/aromatic N) is 1. The number of hydrogen-bond acceptors (Lipinski definition) is 5. The normalized spacial score (nSPS) is 21.8. The summed E-state index contributed by atoms with van der Waals surface area (Å²) in [6.07, 6.45) is -0.165. The first-order valence-corrected chi connectivity index (χ1v) is 14.1. The topological polar surface area (TPSA) is 71.0 Å². The number of benzene rings is 3. The van der Waals surface area contributed by atoms with Crippen LogP contribution in [0.25, 0.3) is 0 Å². The Balaban J connectivity index is 1.78. The molecule has 5 atom stereocenters. The molecular weight excluding hydrogens is 554 g/mol. The van der Waals surface area contributed by atoms with Gasteiger partial charge in [0.2, 0.25) is 0 Å². The van der Waals surface area contributed by atoms with Crippen molar-refractivity contribution in [2.24, 2.45) is 5.92 Å². The average Bonchev–Trinajstić information content (AvgIpc) is 2.92. The number of carbonyl (C=O) groups is 1. The van der Waals surface area contributed by atoms with E-state index < -0.39 is 24.8 Å². The molecule has 0 aromatic heterocycles. The largest absolute Gasteiger partial charge is 0.482 e. The molecule has 0 spiro atoms. The first-order valence-electron chi connectivity index (χ1n) is 13.3. The number of likely N-dealkylation sites (N-methyl/N-ethyl adjacent to an activating group) is 1. The van der Waals surface area contributed by atoms with Gasteiger partial charge in [-0.3, -0.25) is 0 Å². The molecule has 3 aromatic rings. The van der Waals surface area contributed by atoms with Crippen molar-refractivity contribution < 1.29 is 23.8 Å². The Bertz CT molecular complexity index is 1270. The molecule has 1 aliphatic rings. The minimum atomic E-state index is -1.08. The zero-order valence-electron chi connectivity index (χ0n) is 22.8. The van der Waals surface area contributed by atoms with Crippen LogP contribution < -0.4 is 10.1 Å². The predicted molar refractivity (Wildman–Crippen MR) is 156 cm³/mol. The number of hydrogen-bond donors (Lipinski definition) is 2. The first kappa shape index (κ1) is 30.3. The van der Waals surface area contributed by atoms with Crippen molar-refractivity contribution in [1.29, 1.82) is 0 Å². The van der Waals surface area contributed by atoms with E-state index in [2.05, 4.69) is 17.1 Å². The van der Waals surface area contributed by atoms with Crippen molar-refractivity contribution in [3.8, 4) is 5.75 Å². The third-order valence-electron chi connectivity index (χ3n) is 7.37. The Morgan fingerprint density at radius 2 is 1.70 bits per heavy atom. The minimum Gasteiger partial charge on any atom is -0.482 e. The van der Waals surface area contributed by atoms with E-state index in [0.717, 1.165) is 30.6 Å². The number of rotatable bonds is 11. The number of carboxylic acid groups (broad SMARTS) is 1. The van der Waals surface area contributed by atoms with Crippen LogP contribution in [0, 0.1) is 11.7 Å². The summed E-state index contributed by atoms with van der Waals surface area (Å²) < 4.78 is 26.6. The second-order valence-electron chi connectivity index (χ2n) is 10.5. The maximum absolute atomic E-state index is 13.9. The van der Waals surface area contributed by atoms with Crippen LogP contribution in [0.2, 0.25) is 10.0 Å². The third kappa shape index (κ3) is 7.74. The fourth-order valence-corrected chi connectivity index (χ4v) is 5.63. The molecule has 1 saturated heterocycles. The second-order valence-corrected chi connectivity index (χ2v) is 11.4. The van der Waals surface area contributed by atoms with Crippen molar-refractivity contribution in [1.82, 2.24) is 10.2 Å². The van der Waals surface area contributed by atoms with Crippen molar-refractivity contribution in [3.05, 3.63) is 99.3 Å². The Hall–Kier alpha value is -2.68. The van der Waals surface area contributed by atoms with E-state index in [1.54, 1.807) is 30.3 Å². The summed E-state index contributed by atoms with van der Waals surface area (Å²) in [6, 6.07) is 19.3. The highest BCUT2D eigenvalue weighted by atomic mass is 35.5. The molecule has 2 N–H and O–H groups in total. The SMILES string of the molecule is C[C@H](NCCN(C)C)[C@@H]1C[C@@H](c2ccc(Cl)cc2)[C@@H](c2ccc(F)cc2)O[C@H]1c1cc(Cl)ccc1OCC(=O)O. The molecule has 0 aliphatic carbocycles. The standard InChI is InChI=1S/C31H35Cl2FN2O4/c1-19(35-14-15-36(2)3)25-17-26(20-4-8-22(32)9-5-20)30(21-6-11-24(34)12-7-21)40-31(25)27-16-23(33)10-13-28(27)39-18-29(37)38/h4-13,16,19,25-26,30-31,35H,14-15,17-18H2,1-3H3,(H,37,38)/t19-,25-,26-,30+,31+/m0/s1. The van der Waals surface area contributed by atoms with Crippen LogP contribution in [0.15, 0.2) is 66.7 Å². The van der Waals surface area contributed by atoms with Gasteiger partial charge in [0.15, 0.2) is 6.61 Å². The van der Waals surface area contributed by atoms with E-state index in [-0.39, 0.29) is 23.7 Å². The average molecular weight is 590 g/mol. The van der Waals surface area contributed by atoms with Gasteiger partial charge in [0.05, 0.1) is 12.2 Å². The van der Waals surface area contributed by atoms with Crippen LogP contribution >= 0.6 is 23.2 Å². The van der Waals surface area contributed by atoms with Gasteiger partial charge >= 0.3 is 5.97 Å². The van der Waals surface area contributed by atoms with Crippen LogP contribution in [0.1, 0.15) is 48.2 Å². The van der Waals surface area contributed by atoms with Gasteiger partial charge in [-0.2, -0.15) is 0 Å². The monoisotopic (exact) mass is 588 g/mol. The van der Waals surface area contributed by atoms with Gasteiger partial charge in [0, 0.05) is 46.6 Å². The molecule has 1 heterocycles. The van der Waals surface area contributed by atoms with Crippen LogP contribution in [-0.4, -0.2) is 55.8 Å². The van der Waals surface area contributed by atoms with Crippen molar-refractivity contribution >= 4 is 29.2 Å². The summed E-state index contributed by atoms with van der Waals surface area (Å²) in [7, 11) is 4.06. The summed E-state index contributed by atoms with van der Waals surface area (Å²) in [5, 5.41) is 14.1. The molecule has 0 saturated carbocycles. The predicted octanol–water partition coefficient (Wildman–Crippen LogP) is 6.74. The maximum Gasteiger partial charge on any atom is 0.341 e. The van der Waals surface area contributed by atoms with Crippen LogP contribution in [0.5, 0.6) is 5.75 Å². The molecule has 0 bridgehead atoms. The minimum absolute atomic E-state index is 0.0280. The van der Waals surface area contributed by atoms with Crippen molar-refractivity contribution in [2.45, 2.75) is 37.5 Å². The lowest BCUT2D eigenvalue weighted by Crippen LogP contribution is -2.44. The number of aliphatic carboxylic acids is 1. The summed E-state index contributed by atoms with van der Waals surface area (Å²) in [5.41, 5.74) is 2.59. The smallest absolute Gasteiger partial charge is 0.341 e. The molecule has 6 nitrogen and oxygen atoms in total. The van der Waals surface area contributed by atoms with Crippen LogP contribution in [0.3, 0.4) is 0 Å². The molecule has 1 fully saturated rings. The van der Waals surface area contributed by atoms with Gasteiger partial charge < -0.3 is 24.8 Å². The summed E-state index contributed by atoms with van der Waals surface area (Å²) >= 11 is 12.7. The van der Waals surface area contributed by atoms with Gasteiger partial charge in [0.1, 0.15) is 11.6 Å². The molecule has 4 rings (SSSR count). The molecule has 9 heteroatoms. The molecule has 0 amide bonds. The lowest BCUT2D eigenvalue weighted by Gasteiger charge is -2.45. The third-order valence-corrected chi connectivity index (χ3v) is 7.85. The van der Waals surface area contributed by atoms with Crippen LogP contribution in [-0.2, 0) is 9.53 Å². The molecule has 1 aliphatic heterocycles. The van der Waals surface area contributed by atoms with Gasteiger partial charge in [0.25, 0.3) is 0 Å². The van der Waals surface area contributed by atoms with Crippen molar-refractivity contribution in [2.75, 3.05) is 33.8 Å². The van der Waals surface area contributed by atoms with Crippen LogP contribution in [0.4, 0.5) is 4.39 Å². The number of nitrogens with one attached hydrogen (secondary N) is 1. The molecule has 214 valence electrons. The molecule has 40 heavy (non-hydrogen) atoms. The number of halogens is 3. The number of ether oxygens (including phenoxy) is 2. The highest BCUT2D eigenvalue weighted by molar-refractivity contribution is 6.30. The molecular formula is C31H35Cl2FN2O4. The zero-order valence-corrected chi connectivity index (χ0v) is 24.3. The fraction of sp³-hybridized carbons (Fsp3) is 0.387. The Morgan fingerprint density at radius 1 is 1.05 bits per heavy atom. The molecule has 0 radical (unpaired) electrons. The zero-order chi connectivity index (χ0) is 28.8. The van der Waals surface area contributed by atoms with Gasteiger partial charge in [-0.1, -0.05) is 47.5 Å². The second kappa shape index (κ2) is 13.8. The lowest BCUT2D eigenvalue weighted by molar-refractivity contribution is -0.139. The quantitative estimate of drug-likeness (QED) is 0.258. The van der Waals surface area contributed by atoms with Gasteiger partial charge in [-0.25, -0.2) is 9.18 Å². The summed E-state index contributed by atoms with van der Waals surface area (Å²) in [5.74, 6) is -1.08. The van der Waals surface area contributed by atoms with E-state index in [9.17, 15) is 14.3 Å². The molecule has 3 aromatic carbocycles. The van der Waals surface area contributed by atoms with Crippen molar-refractivity contribution in [3.63, 3.8) is 0 Å². The summed E-state index contributed by atoms with van der Waals surface area (Å²) in [6.45, 7) is 3.29. The van der Waals surface area contributed by atoms with E-state index >= 15 is 0 Å². The van der Waals surface area contributed by atoms with Gasteiger partial charge in [-0.15, -0.1) is 0 Å². The van der Waals surface area contributed by atoms with E-state index in [1.165, 1.54) is 12.1 Å². The Morgan fingerprint density at radius 3 is 2.35 bits per heavy atom. The number of carboxylic acids is 1. The highest BCUT2D eigenvalue weighted by Crippen LogP contribution is 2.52. The summed E-state index contributed by atoms with van der Waals surface area (Å²) in [4.78, 5) is 13.4. The van der Waals surface area contributed by atoms with E-state index in [0.29, 0.717) is 21.4 Å². The highest BCUT2D eigenvalue weighted by Gasteiger charge is 2.43. The Labute approximate surface area is 245 Å².